The number of carbonyl (C=O) groups is 1. The van der Waals surface area contributed by atoms with Crippen LogP contribution in [0.15, 0.2) is 24.3 Å². The molecule has 0 bridgehead atoms. The second-order valence-corrected chi connectivity index (χ2v) is 3.78. The van der Waals surface area contributed by atoms with E-state index >= 15 is 0 Å². The predicted octanol–water partition coefficient (Wildman–Crippen LogP) is 1.92. The molecule has 16 heavy (non-hydrogen) atoms. The molecule has 0 saturated heterocycles. The van der Waals surface area contributed by atoms with Crippen molar-refractivity contribution >= 4 is 5.97 Å². The molecule has 1 saturated carbocycles. The summed E-state index contributed by atoms with van der Waals surface area (Å²) in [4.78, 5) is 10.9. The molecule has 1 unspecified atom stereocenters. The quantitative estimate of drug-likeness (QED) is 0.833. The number of carboxylic acid groups (broad SMARTS) is 1. The van der Waals surface area contributed by atoms with Gasteiger partial charge in [-0.15, -0.1) is 0 Å². The van der Waals surface area contributed by atoms with Crippen LogP contribution in [0.5, 0.6) is 0 Å². The minimum Gasteiger partial charge on any atom is -0.480 e. The monoisotopic (exact) mass is 223 g/mol. The fourth-order valence-electron chi connectivity index (χ4n) is 1.79. The third-order valence-corrected chi connectivity index (χ3v) is 2.86. The van der Waals surface area contributed by atoms with Crippen LogP contribution in [0.3, 0.4) is 0 Å². The average Bonchev–Trinajstić information content (AvgIpc) is 2.84. The van der Waals surface area contributed by atoms with E-state index in [4.69, 9.17) is 10.4 Å². The van der Waals surface area contributed by atoms with Crippen molar-refractivity contribution in [3.63, 3.8) is 0 Å². The van der Waals surface area contributed by atoms with Gasteiger partial charge in [0.15, 0.2) is 5.41 Å². The Bertz CT molecular complexity index is 490. The number of carboxylic acids is 1. The van der Waals surface area contributed by atoms with Crippen LogP contribution in [0.2, 0.25) is 0 Å². The van der Waals surface area contributed by atoms with Gasteiger partial charge < -0.3 is 5.11 Å². The van der Waals surface area contributed by atoms with Crippen LogP contribution < -0.4 is 0 Å². The van der Waals surface area contributed by atoms with Crippen LogP contribution in [0.25, 0.3) is 0 Å². The topological polar surface area (TPSA) is 61.1 Å². The maximum Gasteiger partial charge on any atom is 0.320 e. The number of hydrogen-bond donors (Lipinski definition) is 1. The maximum absolute atomic E-state index is 13.1. The summed E-state index contributed by atoms with van der Waals surface area (Å²) in [5, 5.41) is 17.4. The highest BCUT2D eigenvalue weighted by molar-refractivity contribution is 5.87. The first-order valence-electron chi connectivity index (χ1n) is 4.56. The van der Waals surface area contributed by atoms with Crippen molar-refractivity contribution in [3.05, 3.63) is 35.4 Å². The first kappa shape index (κ1) is 10.6. The number of nitriles is 1. The van der Waals surface area contributed by atoms with Crippen molar-refractivity contribution in [1.82, 2.24) is 0 Å². The molecule has 0 spiro atoms. The van der Waals surface area contributed by atoms with Gasteiger partial charge in [0.05, 0.1) is 11.6 Å². The molecule has 1 atom stereocenters. The normalized spacial score (nSPS) is 25.8. The van der Waals surface area contributed by atoms with E-state index in [-0.39, 0.29) is 5.56 Å². The van der Waals surface area contributed by atoms with Crippen molar-refractivity contribution in [2.24, 2.45) is 0 Å². The number of benzene rings is 1. The summed E-state index contributed by atoms with van der Waals surface area (Å²) in [6.07, 6.45) is -0.679. The van der Waals surface area contributed by atoms with Gasteiger partial charge in [0, 0.05) is 6.42 Å². The number of alkyl halides is 2. The third-order valence-electron chi connectivity index (χ3n) is 2.86. The standard InChI is InChI=1S/C11H7F2NO2/c12-11(13)6-10(11,9(15)16)8-3-1-7(5-14)2-4-8/h1-4H,6H2,(H,15,16). The highest BCUT2D eigenvalue weighted by Gasteiger charge is 2.77. The molecule has 0 amide bonds. The van der Waals surface area contributed by atoms with Gasteiger partial charge in [-0.25, -0.2) is 8.78 Å². The molecule has 5 heteroatoms. The predicted molar refractivity (Wildman–Crippen MR) is 50.0 cm³/mol. The minimum atomic E-state index is -3.20. The van der Waals surface area contributed by atoms with Crippen LogP contribution in [0.4, 0.5) is 8.78 Å². The van der Waals surface area contributed by atoms with E-state index in [1.54, 1.807) is 0 Å². The lowest BCUT2D eigenvalue weighted by atomic mass is 9.94. The Morgan fingerprint density at radius 2 is 1.88 bits per heavy atom. The van der Waals surface area contributed by atoms with Gasteiger partial charge in [-0.3, -0.25) is 4.79 Å². The lowest BCUT2D eigenvalue weighted by Crippen LogP contribution is -2.26. The number of rotatable bonds is 2. The van der Waals surface area contributed by atoms with Crippen LogP contribution in [0.1, 0.15) is 17.5 Å². The van der Waals surface area contributed by atoms with Crippen molar-refractivity contribution in [3.8, 4) is 6.07 Å². The van der Waals surface area contributed by atoms with Gasteiger partial charge in [-0.05, 0) is 17.7 Å². The highest BCUT2D eigenvalue weighted by Crippen LogP contribution is 2.61. The van der Waals surface area contributed by atoms with E-state index in [9.17, 15) is 13.6 Å². The van der Waals surface area contributed by atoms with E-state index in [1.165, 1.54) is 24.3 Å². The maximum atomic E-state index is 13.1. The number of nitrogens with zero attached hydrogens (tertiary/aromatic N) is 1. The van der Waals surface area contributed by atoms with Gasteiger partial charge in [0.2, 0.25) is 0 Å². The Balaban J connectivity index is 2.44. The van der Waals surface area contributed by atoms with Crippen LogP contribution in [-0.2, 0) is 10.2 Å². The molecular weight excluding hydrogens is 216 g/mol. The Labute approximate surface area is 89.9 Å². The smallest absolute Gasteiger partial charge is 0.320 e. The largest absolute Gasteiger partial charge is 0.480 e. The summed E-state index contributed by atoms with van der Waals surface area (Å²) in [5.41, 5.74) is -1.74. The van der Waals surface area contributed by atoms with E-state index in [2.05, 4.69) is 0 Å². The summed E-state index contributed by atoms with van der Waals surface area (Å²) < 4.78 is 26.2. The third kappa shape index (κ3) is 1.20. The highest BCUT2D eigenvalue weighted by atomic mass is 19.3. The number of hydrogen-bond acceptors (Lipinski definition) is 2. The molecule has 0 heterocycles. The zero-order valence-electron chi connectivity index (χ0n) is 8.08. The SMILES string of the molecule is N#Cc1ccc(C2(C(=O)O)CC2(F)F)cc1. The molecule has 82 valence electrons. The molecule has 1 aromatic rings. The van der Waals surface area contributed by atoms with Crippen LogP contribution in [0, 0.1) is 11.3 Å². The molecule has 0 aliphatic heterocycles. The molecule has 2 rings (SSSR count). The van der Waals surface area contributed by atoms with Crippen molar-refractivity contribution < 1.29 is 18.7 Å². The van der Waals surface area contributed by atoms with E-state index in [1.807, 2.05) is 6.07 Å². The van der Waals surface area contributed by atoms with Gasteiger partial charge >= 0.3 is 5.97 Å². The van der Waals surface area contributed by atoms with E-state index in [0.29, 0.717) is 5.56 Å². The number of aliphatic carboxylic acids is 1. The Morgan fingerprint density at radius 1 is 1.38 bits per heavy atom. The molecule has 1 aromatic carbocycles. The van der Waals surface area contributed by atoms with Crippen LogP contribution in [-0.4, -0.2) is 17.0 Å². The average molecular weight is 223 g/mol. The fraction of sp³-hybridized carbons (Fsp3) is 0.273. The first-order chi connectivity index (χ1) is 7.44. The van der Waals surface area contributed by atoms with Crippen molar-refractivity contribution in [1.29, 1.82) is 5.26 Å². The zero-order chi connectivity index (χ0) is 12.0. The number of halogens is 2. The molecular formula is C11H7F2NO2. The molecule has 1 aliphatic rings. The van der Waals surface area contributed by atoms with Gasteiger partial charge in [0.25, 0.3) is 5.92 Å². The lowest BCUT2D eigenvalue weighted by molar-refractivity contribution is -0.142. The summed E-state index contributed by atoms with van der Waals surface area (Å²) in [6.45, 7) is 0. The summed E-state index contributed by atoms with van der Waals surface area (Å²) in [6, 6.07) is 7.07. The second-order valence-electron chi connectivity index (χ2n) is 3.78. The first-order valence-corrected chi connectivity index (χ1v) is 4.56. The molecule has 1 aliphatic carbocycles. The van der Waals surface area contributed by atoms with Gasteiger partial charge in [-0.1, -0.05) is 12.1 Å². The summed E-state index contributed by atoms with van der Waals surface area (Å²) in [7, 11) is 0. The Kier molecular flexibility index (Phi) is 1.99. The van der Waals surface area contributed by atoms with E-state index in [0.717, 1.165) is 0 Å². The second kappa shape index (κ2) is 3.01. The van der Waals surface area contributed by atoms with Gasteiger partial charge in [0.1, 0.15) is 0 Å². The van der Waals surface area contributed by atoms with Crippen molar-refractivity contribution in [2.75, 3.05) is 0 Å². The molecule has 0 aromatic heterocycles. The van der Waals surface area contributed by atoms with Crippen LogP contribution >= 0.6 is 0 Å². The summed E-state index contributed by atoms with van der Waals surface area (Å²) in [5.74, 6) is -4.73. The lowest BCUT2D eigenvalue weighted by Gasteiger charge is -2.11. The minimum absolute atomic E-state index is 0.0454. The zero-order valence-corrected chi connectivity index (χ0v) is 8.08. The Morgan fingerprint density at radius 3 is 2.19 bits per heavy atom. The molecule has 1 fully saturated rings. The summed E-state index contributed by atoms with van der Waals surface area (Å²) >= 11 is 0. The van der Waals surface area contributed by atoms with Crippen molar-refractivity contribution in [2.45, 2.75) is 17.8 Å². The van der Waals surface area contributed by atoms with E-state index < -0.39 is 23.7 Å². The molecule has 1 N–H and O–H groups in total. The Hall–Kier alpha value is -1.96. The molecule has 0 radical (unpaired) electrons. The fourth-order valence-corrected chi connectivity index (χ4v) is 1.79. The van der Waals surface area contributed by atoms with Gasteiger partial charge in [-0.2, -0.15) is 5.26 Å². The molecule has 3 nitrogen and oxygen atoms in total.